The highest BCUT2D eigenvalue weighted by atomic mass is 15.6. The van der Waals surface area contributed by atoms with E-state index < -0.39 is 0 Å². The lowest BCUT2D eigenvalue weighted by Crippen LogP contribution is -3.01. The van der Waals surface area contributed by atoms with Gasteiger partial charge >= 0.3 is 92.5 Å². The molecule has 0 saturated carbocycles. The van der Waals surface area contributed by atoms with E-state index in [4.69, 9.17) is 10.3 Å². The molecule has 8 heterocycles. The van der Waals surface area contributed by atoms with E-state index in [0.29, 0.717) is 0 Å². The molecule has 8 fully saturated rings. The molecule has 0 unspecified atom stereocenters. The lowest BCUT2D eigenvalue weighted by atomic mass is 9.36. The van der Waals surface area contributed by atoms with Crippen molar-refractivity contribution in [2.75, 3.05) is 112 Å². The number of hydrogen-bond donors (Lipinski definition) is 6. The van der Waals surface area contributed by atoms with Gasteiger partial charge in [0.15, 0.2) is 0 Å². The van der Waals surface area contributed by atoms with Crippen LogP contribution >= 0.6 is 0 Å². The lowest BCUT2D eigenvalue weighted by molar-refractivity contribution is 0.374. The largest absolute Gasteiger partial charge is 0.381 e. The molecule has 0 spiro atoms. The van der Waals surface area contributed by atoms with Gasteiger partial charge in [0.25, 0.3) is 34.9 Å². The van der Waals surface area contributed by atoms with E-state index in [-0.39, 0.29) is 127 Å². The normalized spacial score (nSPS) is 25.1. The summed E-state index contributed by atoms with van der Waals surface area (Å²) in [5, 5.41) is 26.8. The molecule has 24 nitrogen and oxygen atoms in total. The van der Waals surface area contributed by atoms with Crippen molar-refractivity contribution in [2.24, 2.45) is 0 Å². The molecule has 8 rings (SSSR count). The molecule has 8 aliphatic rings. The van der Waals surface area contributed by atoms with Crippen LogP contribution in [0.2, 0.25) is 34.1 Å². The van der Waals surface area contributed by atoms with Crippen molar-refractivity contribution < 1.29 is 0 Å². The van der Waals surface area contributed by atoms with Gasteiger partial charge in [0, 0.05) is 0 Å². The maximum Gasteiger partial charge on any atom is 0.381 e. The second kappa shape index (κ2) is 27.9. The third-order valence-electron chi connectivity index (χ3n) is 20.6. The summed E-state index contributed by atoms with van der Waals surface area (Å²) in [7, 11) is 2.50. The van der Waals surface area contributed by atoms with Gasteiger partial charge in [-0.1, -0.05) is 138 Å². The molecule has 0 aromatic heterocycles. The van der Waals surface area contributed by atoms with Crippen LogP contribution < -0.4 is 31.0 Å². The Bertz CT molecular complexity index is 1930. The molecule has 0 aliphatic carbocycles. The van der Waals surface area contributed by atoms with Crippen molar-refractivity contribution in [1.82, 2.24) is 116 Å². The first-order valence-electron chi connectivity index (χ1n) is 32.2. The van der Waals surface area contributed by atoms with Crippen molar-refractivity contribution in [3.63, 3.8) is 0 Å². The Balaban J connectivity index is 1.52. The number of hydrogen-bond acceptors (Lipinski definition) is 24. The number of fused-ring (bicyclic) bond motifs is 10. The topological polar surface area (TPSA) is 130 Å². The fraction of sp³-hybridized carbons (Fsp3) is 1.00. The Labute approximate surface area is 491 Å². The van der Waals surface area contributed by atoms with Gasteiger partial charge in [-0.25, -0.2) is 0 Å². The van der Waals surface area contributed by atoms with Crippen LogP contribution in [0, 0.1) is 0 Å². The molecule has 0 amide bonds. The first kappa shape index (κ1) is 65.2. The van der Waals surface area contributed by atoms with Crippen molar-refractivity contribution in [2.45, 2.75) is 138 Å². The van der Waals surface area contributed by atoms with Gasteiger partial charge < -0.3 is 116 Å². The van der Waals surface area contributed by atoms with Gasteiger partial charge in [-0.2, -0.15) is 0 Å². The van der Waals surface area contributed by atoms with Gasteiger partial charge in [0.1, 0.15) is 0 Å². The van der Waals surface area contributed by atoms with Gasteiger partial charge in [0.2, 0.25) is 0 Å². The quantitative estimate of drug-likeness (QED) is 0.0793. The first-order chi connectivity index (χ1) is 38.1. The smallest absolute Gasteiger partial charge is 0.358 e. The highest BCUT2D eigenvalue weighted by molar-refractivity contribution is 7.06. The molecule has 0 atom stereocenters. The van der Waals surface area contributed by atoms with Gasteiger partial charge in [-0.15, -0.1) is 0 Å². The molecule has 8 aliphatic heterocycles. The van der Waals surface area contributed by atoms with Crippen LogP contribution in [0.1, 0.15) is 104 Å². The minimum atomic E-state index is -0.235. The Morgan fingerprint density at radius 1 is 0.228 bits per heavy atom. The summed E-state index contributed by atoms with van der Waals surface area (Å²) in [5.74, 6) is 0. The maximum absolute atomic E-state index is 4.77. The van der Waals surface area contributed by atoms with E-state index in [9.17, 15) is 0 Å². The van der Waals surface area contributed by atoms with E-state index in [2.05, 4.69) is 258 Å². The summed E-state index contributed by atoms with van der Waals surface area (Å²) in [5.41, 5.74) is 0. The first-order valence-corrected chi connectivity index (χ1v) is 32.2. The van der Waals surface area contributed by atoms with E-state index in [1.807, 2.05) is 0 Å². The molecule has 424 valence electrons. The molecule has 79 heavy (non-hydrogen) atoms. The summed E-state index contributed by atoms with van der Waals surface area (Å²) in [6.07, 6.45) is 0. The van der Waals surface area contributed by atoms with Crippen LogP contribution in [0.4, 0.5) is 0 Å². The fourth-order valence-corrected chi connectivity index (χ4v) is 16.9. The summed E-state index contributed by atoms with van der Waals surface area (Å²) in [6, 6.07) is 0. The van der Waals surface area contributed by atoms with Crippen molar-refractivity contribution in [3.8, 4) is 0 Å². The number of rotatable bonds is 17. The summed E-state index contributed by atoms with van der Waals surface area (Å²) < 4.78 is 50.2. The molecular weight excluding hydrogens is 975 g/mol. The molecule has 0 aromatic rings. The van der Waals surface area contributed by atoms with Crippen molar-refractivity contribution in [3.05, 3.63) is 0 Å². The predicted molar refractivity (Wildman–Crippen MR) is 355 cm³/mol. The molecule has 7 bridgehead atoms. The summed E-state index contributed by atoms with van der Waals surface area (Å²) >= 11 is 0. The van der Waals surface area contributed by atoms with Crippen LogP contribution in [0.15, 0.2) is 0 Å². The average molecular weight is 1080 g/mol. The van der Waals surface area contributed by atoms with E-state index in [0.717, 1.165) is 98.2 Å². The zero-order valence-electron chi connectivity index (χ0n) is 54.0. The predicted octanol–water partition coefficient (Wildman–Crippen LogP) is -3.98. The Morgan fingerprint density at radius 3 is 0.873 bits per heavy atom. The highest BCUT2D eigenvalue weighted by Crippen LogP contribution is 2.35. The Kier molecular flexibility index (Phi) is 23.0. The minimum absolute atomic E-state index is 0.0274. The standard InChI is InChI=1S/C37H102B18N24/c1-23-62-38(16)65(26-4)49-60-51-67(28-6)40(18)68(29-7)52-61-50-66(27-5)39(17)63(24-2)44(57-22)78(50)54-72(33-11)43(56-21)70(31-9)46(74(54)35-13)59-48-71(32-10)47(75(36-14)55(79(51)52)76(48)37-15)58-45-64(25-3)41(19)69(30-8)53(73(45)34-12)77(49)42(62)20/h56-61H,23-37H2,1-22H3. The van der Waals surface area contributed by atoms with Gasteiger partial charge in [-0.3, -0.25) is 0 Å². The van der Waals surface area contributed by atoms with Gasteiger partial charge in [-0.05, 0) is 112 Å². The van der Waals surface area contributed by atoms with Crippen LogP contribution in [0.5, 0.6) is 0 Å². The molecule has 0 radical (unpaired) electrons. The molecule has 0 aromatic carbocycles. The van der Waals surface area contributed by atoms with Gasteiger partial charge in [0.05, 0.1) is 0 Å². The second-order valence-corrected chi connectivity index (χ2v) is 23.0. The molecule has 42 heteroatoms. The monoisotopic (exact) mass is 1080 g/mol. The summed E-state index contributed by atoms with van der Waals surface area (Å²) in [6.45, 7) is 62.0. The number of nitrogens with one attached hydrogen (secondary N) is 6. The van der Waals surface area contributed by atoms with Crippen LogP contribution in [-0.4, -0.2) is 324 Å². The average Bonchev–Trinajstić information content (AvgIpc) is 3.49. The second-order valence-electron chi connectivity index (χ2n) is 23.0. The highest BCUT2D eigenvalue weighted by Gasteiger charge is 2.70. The third-order valence-corrected chi connectivity index (χ3v) is 20.6. The minimum Gasteiger partial charge on any atom is -0.358 e. The van der Waals surface area contributed by atoms with E-state index in [1.165, 1.54) is 0 Å². The molecule has 6 N–H and O–H groups in total. The van der Waals surface area contributed by atoms with E-state index in [1.54, 1.807) is 0 Å². The maximum atomic E-state index is 4.77. The fourth-order valence-electron chi connectivity index (χ4n) is 16.9. The summed E-state index contributed by atoms with van der Waals surface area (Å²) in [4.78, 5) is 0. The SMILES string of the molecule is CCN1B(C)N(CC)B2N(CC)B1NB1N(CC)B3NB4N(CC)B(NC)N(CC)B(N4CC)N4B(NC)N(CC)B(C)N(CC)B4NB4N(CC)B(C)N(CC)B(NB5N(CC)B(C)N(CC)B(C)N52)N4B(N1CC)N3CC. The van der Waals surface area contributed by atoms with Crippen LogP contribution in [0.25, 0.3) is 0 Å². The van der Waals surface area contributed by atoms with Crippen molar-refractivity contribution in [1.29, 1.82) is 0 Å². The zero-order valence-corrected chi connectivity index (χ0v) is 54.0. The van der Waals surface area contributed by atoms with Crippen LogP contribution in [0.3, 0.4) is 0 Å². The lowest BCUT2D eigenvalue weighted by Gasteiger charge is -2.67. The zero-order chi connectivity index (χ0) is 57.6. The van der Waals surface area contributed by atoms with Crippen molar-refractivity contribution >= 4 is 127 Å². The third kappa shape index (κ3) is 10.7. The Morgan fingerprint density at radius 2 is 0.494 bits per heavy atom. The van der Waals surface area contributed by atoms with E-state index >= 15 is 0 Å². The van der Waals surface area contributed by atoms with Crippen LogP contribution in [-0.2, 0) is 0 Å². The molecular formula is C37H102B18N24. The Hall–Kier alpha value is 0.209. The number of nitrogens with zero attached hydrogens (tertiary/aromatic N) is 18. The molecule has 8 saturated heterocycles.